The summed E-state index contributed by atoms with van der Waals surface area (Å²) in [5, 5.41) is 2.94. The number of hydrogen-bond donors (Lipinski definition) is 2. The average Bonchev–Trinajstić information content (AvgIpc) is 2.98. The molecule has 0 radical (unpaired) electrons. The molecular weight excluding hydrogens is 245 g/mol. The van der Waals surface area contributed by atoms with Gasteiger partial charge in [0.25, 0.3) is 0 Å². The van der Waals surface area contributed by atoms with Crippen LogP contribution in [0.15, 0.2) is 6.07 Å². The zero-order valence-corrected chi connectivity index (χ0v) is 9.96. The monoisotopic (exact) mass is 260 g/mol. The first-order valence-electron chi connectivity index (χ1n) is 5.83. The molecule has 1 aliphatic carbocycles. The van der Waals surface area contributed by atoms with Crippen LogP contribution in [0, 0.1) is 5.92 Å². The molecule has 1 aromatic heterocycles. The largest absolute Gasteiger partial charge is 0.451 e. The molecule has 0 spiro atoms. The molecule has 1 heterocycles. The Morgan fingerprint density at radius 2 is 2.11 bits per heavy atom. The van der Waals surface area contributed by atoms with E-state index in [4.69, 9.17) is 5.73 Å². The van der Waals surface area contributed by atoms with Crippen molar-refractivity contribution in [3.63, 3.8) is 0 Å². The first-order valence-corrected chi connectivity index (χ1v) is 5.83. The van der Waals surface area contributed by atoms with Gasteiger partial charge in [0.1, 0.15) is 11.6 Å². The van der Waals surface area contributed by atoms with Gasteiger partial charge >= 0.3 is 6.18 Å². The Labute approximate surface area is 103 Å². The number of anilines is 2. The van der Waals surface area contributed by atoms with E-state index in [1.165, 1.54) is 18.9 Å². The molecule has 1 aliphatic rings. The number of rotatable bonds is 4. The van der Waals surface area contributed by atoms with Crippen LogP contribution >= 0.6 is 0 Å². The van der Waals surface area contributed by atoms with Crippen molar-refractivity contribution >= 4 is 11.6 Å². The van der Waals surface area contributed by atoms with Crippen LogP contribution in [-0.4, -0.2) is 16.0 Å². The fraction of sp³-hybridized carbons (Fsp3) is 0.636. The molecule has 7 heteroatoms. The van der Waals surface area contributed by atoms with Crippen LogP contribution in [0.5, 0.6) is 0 Å². The van der Waals surface area contributed by atoms with Crippen molar-refractivity contribution in [3.05, 3.63) is 11.9 Å². The van der Waals surface area contributed by atoms with E-state index < -0.39 is 12.0 Å². The Morgan fingerprint density at radius 3 is 2.67 bits per heavy atom. The molecule has 18 heavy (non-hydrogen) atoms. The summed E-state index contributed by atoms with van der Waals surface area (Å²) in [7, 11) is 0. The van der Waals surface area contributed by atoms with Gasteiger partial charge < -0.3 is 11.1 Å². The zero-order valence-electron chi connectivity index (χ0n) is 9.96. The fourth-order valence-corrected chi connectivity index (χ4v) is 1.83. The van der Waals surface area contributed by atoms with Crippen LogP contribution in [0.1, 0.15) is 32.0 Å². The minimum Gasteiger partial charge on any atom is -0.384 e. The van der Waals surface area contributed by atoms with Gasteiger partial charge in [0.2, 0.25) is 5.82 Å². The molecule has 0 saturated heterocycles. The van der Waals surface area contributed by atoms with Gasteiger partial charge in [0.15, 0.2) is 0 Å². The van der Waals surface area contributed by atoms with Crippen molar-refractivity contribution in [3.8, 4) is 0 Å². The molecule has 1 saturated carbocycles. The van der Waals surface area contributed by atoms with Crippen LogP contribution in [0.25, 0.3) is 0 Å². The molecule has 2 rings (SSSR count). The number of halogens is 3. The second kappa shape index (κ2) is 4.62. The van der Waals surface area contributed by atoms with Crippen molar-refractivity contribution < 1.29 is 13.2 Å². The lowest BCUT2D eigenvalue weighted by Crippen LogP contribution is -2.19. The quantitative estimate of drug-likeness (QED) is 0.873. The summed E-state index contributed by atoms with van der Waals surface area (Å²) in [6.07, 6.45) is -1.24. The number of aromatic nitrogens is 2. The number of hydrogen-bond acceptors (Lipinski definition) is 4. The maximum atomic E-state index is 12.5. The highest BCUT2D eigenvalue weighted by Gasteiger charge is 2.35. The number of nitrogens with two attached hydrogens (primary N) is 1. The third-order valence-electron chi connectivity index (χ3n) is 2.78. The van der Waals surface area contributed by atoms with Gasteiger partial charge in [-0.3, -0.25) is 0 Å². The van der Waals surface area contributed by atoms with Gasteiger partial charge in [0.05, 0.1) is 0 Å². The molecule has 4 nitrogen and oxygen atoms in total. The SMILES string of the molecule is CC(CC1CC1)Nc1cc(N)nc(C(F)(F)F)n1. The normalized spacial score (nSPS) is 17.6. The summed E-state index contributed by atoms with van der Waals surface area (Å²) in [5.41, 5.74) is 5.35. The number of nitrogens with zero attached hydrogens (tertiary/aromatic N) is 2. The van der Waals surface area contributed by atoms with Crippen LogP contribution < -0.4 is 11.1 Å². The zero-order chi connectivity index (χ0) is 13.3. The summed E-state index contributed by atoms with van der Waals surface area (Å²) < 4.78 is 37.5. The van der Waals surface area contributed by atoms with E-state index in [0.29, 0.717) is 5.92 Å². The van der Waals surface area contributed by atoms with Gasteiger partial charge in [0, 0.05) is 12.1 Å². The van der Waals surface area contributed by atoms with Crippen molar-refractivity contribution in [2.75, 3.05) is 11.1 Å². The summed E-state index contributed by atoms with van der Waals surface area (Å²) in [6, 6.07) is 1.39. The highest BCUT2D eigenvalue weighted by Crippen LogP contribution is 2.34. The average molecular weight is 260 g/mol. The molecule has 3 N–H and O–H groups in total. The fourth-order valence-electron chi connectivity index (χ4n) is 1.83. The van der Waals surface area contributed by atoms with E-state index in [-0.39, 0.29) is 17.7 Å². The molecule has 0 amide bonds. The molecule has 1 unspecified atom stereocenters. The van der Waals surface area contributed by atoms with Crippen LogP contribution in [0.2, 0.25) is 0 Å². The minimum absolute atomic E-state index is 0.0767. The van der Waals surface area contributed by atoms with Gasteiger partial charge in [-0.05, 0) is 19.3 Å². The van der Waals surface area contributed by atoms with E-state index in [1.54, 1.807) is 0 Å². The molecule has 0 aliphatic heterocycles. The number of nitrogens with one attached hydrogen (secondary N) is 1. The molecule has 1 atom stereocenters. The smallest absolute Gasteiger partial charge is 0.384 e. The molecule has 0 bridgehead atoms. The van der Waals surface area contributed by atoms with Gasteiger partial charge in [-0.15, -0.1) is 0 Å². The minimum atomic E-state index is -4.58. The van der Waals surface area contributed by atoms with E-state index in [1.807, 2.05) is 6.92 Å². The molecule has 0 aromatic carbocycles. The standard InChI is InChI=1S/C11H15F3N4/c1-6(4-7-2-3-7)16-9-5-8(15)17-10(18-9)11(12,13)14/h5-7H,2-4H2,1H3,(H3,15,16,17,18). The molecule has 1 aromatic rings. The van der Waals surface area contributed by atoms with E-state index in [9.17, 15) is 13.2 Å². The van der Waals surface area contributed by atoms with Crippen LogP contribution in [0.4, 0.5) is 24.8 Å². The second-order valence-corrected chi connectivity index (χ2v) is 4.72. The lowest BCUT2D eigenvalue weighted by atomic mass is 10.1. The van der Waals surface area contributed by atoms with Crippen LogP contribution in [0.3, 0.4) is 0 Å². The lowest BCUT2D eigenvalue weighted by Gasteiger charge is -2.15. The van der Waals surface area contributed by atoms with Gasteiger partial charge in [-0.2, -0.15) is 13.2 Å². The van der Waals surface area contributed by atoms with E-state index >= 15 is 0 Å². The van der Waals surface area contributed by atoms with E-state index in [0.717, 1.165) is 6.42 Å². The van der Waals surface area contributed by atoms with Crippen molar-refractivity contribution in [2.24, 2.45) is 5.92 Å². The Morgan fingerprint density at radius 1 is 1.44 bits per heavy atom. The van der Waals surface area contributed by atoms with Crippen LogP contribution in [-0.2, 0) is 6.18 Å². The third-order valence-corrected chi connectivity index (χ3v) is 2.78. The molecular formula is C11H15F3N4. The predicted molar refractivity (Wildman–Crippen MR) is 61.9 cm³/mol. The predicted octanol–water partition coefficient (Wildman–Crippen LogP) is 2.68. The highest BCUT2D eigenvalue weighted by molar-refractivity contribution is 5.45. The summed E-state index contributed by atoms with van der Waals surface area (Å²) >= 11 is 0. The summed E-state index contributed by atoms with van der Waals surface area (Å²) in [5.74, 6) is -0.571. The first-order chi connectivity index (χ1) is 8.34. The van der Waals surface area contributed by atoms with Crippen molar-refractivity contribution in [1.82, 2.24) is 9.97 Å². The maximum absolute atomic E-state index is 12.5. The maximum Gasteiger partial charge on any atom is 0.451 e. The number of alkyl halides is 3. The van der Waals surface area contributed by atoms with Crippen molar-refractivity contribution in [1.29, 1.82) is 0 Å². The lowest BCUT2D eigenvalue weighted by molar-refractivity contribution is -0.144. The van der Waals surface area contributed by atoms with Gasteiger partial charge in [-0.1, -0.05) is 12.8 Å². The van der Waals surface area contributed by atoms with E-state index in [2.05, 4.69) is 15.3 Å². The summed E-state index contributed by atoms with van der Waals surface area (Å²) in [4.78, 5) is 6.63. The topological polar surface area (TPSA) is 63.8 Å². The Hall–Kier alpha value is -1.53. The first kappa shape index (κ1) is 12.9. The summed E-state index contributed by atoms with van der Waals surface area (Å²) in [6.45, 7) is 1.92. The molecule has 1 fully saturated rings. The second-order valence-electron chi connectivity index (χ2n) is 4.72. The van der Waals surface area contributed by atoms with Crippen molar-refractivity contribution in [2.45, 2.75) is 38.4 Å². The Balaban J connectivity index is 2.09. The Kier molecular flexibility index (Phi) is 3.32. The van der Waals surface area contributed by atoms with Gasteiger partial charge in [-0.25, -0.2) is 9.97 Å². The Bertz CT molecular complexity index is 429. The third kappa shape index (κ3) is 3.48. The highest BCUT2D eigenvalue weighted by atomic mass is 19.4. The number of nitrogen functional groups attached to an aromatic ring is 1. The molecule has 100 valence electrons.